The van der Waals surface area contributed by atoms with Gasteiger partial charge in [0.05, 0.1) is 19.8 Å². The van der Waals surface area contributed by atoms with Crippen molar-refractivity contribution >= 4 is 12.4 Å². The van der Waals surface area contributed by atoms with Gasteiger partial charge in [-0.1, -0.05) is 12.1 Å². The van der Waals surface area contributed by atoms with Gasteiger partial charge in [0.1, 0.15) is 5.75 Å². The predicted octanol–water partition coefficient (Wildman–Crippen LogP) is 1.76. The summed E-state index contributed by atoms with van der Waals surface area (Å²) in [5.74, 6) is 0.823. The van der Waals surface area contributed by atoms with Crippen molar-refractivity contribution in [2.45, 2.75) is 6.04 Å². The van der Waals surface area contributed by atoms with Gasteiger partial charge in [-0.3, -0.25) is 0 Å². The van der Waals surface area contributed by atoms with Gasteiger partial charge >= 0.3 is 0 Å². The summed E-state index contributed by atoms with van der Waals surface area (Å²) in [5, 5.41) is 0. The molecule has 0 saturated heterocycles. The number of methoxy groups -OCH3 is 2. The van der Waals surface area contributed by atoms with Gasteiger partial charge in [-0.05, 0) is 17.7 Å². The van der Waals surface area contributed by atoms with E-state index in [4.69, 9.17) is 15.2 Å². The quantitative estimate of drug-likeness (QED) is 0.836. The first-order valence-corrected chi connectivity index (χ1v) is 4.16. The topological polar surface area (TPSA) is 44.5 Å². The zero-order valence-electron chi connectivity index (χ0n) is 8.40. The van der Waals surface area contributed by atoms with Gasteiger partial charge in [-0.15, -0.1) is 12.4 Å². The second kappa shape index (κ2) is 6.65. The highest BCUT2D eigenvalue weighted by Gasteiger charge is 2.05. The molecule has 1 atom stereocenters. The Bertz CT molecular complexity index is 268. The number of nitrogens with two attached hydrogens (primary N) is 1. The highest BCUT2D eigenvalue weighted by atomic mass is 35.5. The number of hydrogen-bond donors (Lipinski definition) is 1. The van der Waals surface area contributed by atoms with Crippen molar-refractivity contribution in [1.82, 2.24) is 0 Å². The monoisotopic (exact) mass is 217 g/mol. The van der Waals surface area contributed by atoms with Crippen LogP contribution in [0.3, 0.4) is 0 Å². The Balaban J connectivity index is 0.00000169. The molecular weight excluding hydrogens is 202 g/mol. The van der Waals surface area contributed by atoms with Crippen molar-refractivity contribution in [3.05, 3.63) is 29.8 Å². The van der Waals surface area contributed by atoms with Crippen LogP contribution >= 0.6 is 12.4 Å². The van der Waals surface area contributed by atoms with E-state index in [1.54, 1.807) is 14.2 Å². The van der Waals surface area contributed by atoms with Crippen LogP contribution < -0.4 is 10.5 Å². The summed E-state index contributed by atoms with van der Waals surface area (Å²) in [6.45, 7) is 0.521. The number of halogens is 1. The Labute approximate surface area is 90.6 Å². The van der Waals surface area contributed by atoms with E-state index in [1.165, 1.54) is 0 Å². The highest BCUT2D eigenvalue weighted by Crippen LogP contribution is 2.17. The molecule has 0 bridgehead atoms. The summed E-state index contributed by atoms with van der Waals surface area (Å²) in [5.41, 5.74) is 6.88. The molecule has 0 aliphatic heterocycles. The van der Waals surface area contributed by atoms with Crippen LogP contribution in [0.2, 0.25) is 0 Å². The standard InChI is InChI=1S/C10H15NO2.ClH/c1-12-7-10(11)8-4-3-5-9(6-8)13-2;/h3-6,10H,7,11H2,1-2H3;1H. The molecule has 14 heavy (non-hydrogen) atoms. The van der Waals surface area contributed by atoms with Gasteiger partial charge in [-0.25, -0.2) is 0 Å². The van der Waals surface area contributed by atoms with E-state index in [0.717, 1.165) is 11.3 Å². The minimum atomic E-state index is -0.0832. The summed E-state index contributed by atoms with van der Waals surface area (Å²) in [4.78, 5) is 0. The smallest absolute Gasteiger partial charge is 0.119 e. The van der Waals surface area contributed by atoms with Crippen molar-refractivity contribution in [3.63, 3.8) is 0 Å². The molecule has 1 aromatic carbocycles. The van der Waals surface area contributed by atoms with Crippen molar-refractivity contribution in [3.8, 4) is 5.75 Å². The zero-order valence-corrected chi connectivity index (χ0v) is 9.21. The molecule has 2 N–H and O–H groups in total. The van der Waals surface area contributed by atoms with E-state index < -0.39 is 0 Å². The van der Waals surface area contributed by atoms with E-state index in [9.17, 15) is 0 Å². The molecule has 0 aliphatic rings. The van der Waals surface area contributed by atoms with Crippen LogP contribution in [-0.4, -0.2) is 20.8 Å². The van der Waals surface area contributed by atoms with Gasteiger partial charge in [0.25, 0.3) is 0 Å². The van der Waals surface area contributed by atoms with Gasteiger partial charge in [-0.2, -0.15) is 0 Å². The number of ether oxygens (including phenoxy) is 2. The molecule has 0 radical (unpaired) electrons. The van der Waals surface area contributed by atoms with E-state index in [1.807, 2.05) is 24.3 Å². The molecule has 1 aromatic rings. The highest BCUT2D eigenvalue weighted by molar-refractivity contribution is 5.85. The molecule has 0 aliphatic carbocycles. The molecule has 0 fully saturated rings. The minimum absolute atomic E-state index is 0. The van der Waals surface area contributed by atoms with Crippen LogP contribution in [-0.2, 0) is 4.74 Å². The average molecular weight is 218 g/mol. The molecule has 0 amide bonds. The van der Waals surface area contributed by atoms with E-state index in [2.05, 4.69) is 0 Å². The maximum absolute atomic E-state index is 5.85. The summed E-state index contributed by atoms with van der Waals surface area (Å²) in [6.07, 6.45) is 0. The molecule has 1 unspecified atom stereocenters. The van der Waals surface area contributed by atoms with Crippen LogP contribution in [0.4, 0.5) is 0 Å². The first-order valence-electron chi connectivity index (χ1n) is 4.16. The number of benzene rings is 1. The summed E-state index contributed by atoms with van der Waals surface area (Å²) in [6, 6.07) is 7.61. The zero-order chi connectivity index (χ0) is 9.68. The third-order valence-corrected chi connectivity index (χ3v) is 1.87. The Hall–Kier alpha value is -0.770. The van der Waals surface area contributed by atoms with Gasteiger partial charge in [0.2, 0.25) is 0 Å². The normalized spacial score (nSPS) is 11.6. The van der Waals surface area contributed by atoms with Crippen molar-refractivity contribution in [2.75, 3.05) is 20.8 Å². The van der Waals surface area contributed by atoms with Gasteiger partial charge in [0.15, 0.2) is 0 Å². The lowest BCUT2D eigenvalue weighted by Crippen LogP contribution is -2.15. The van der Waals surface area contributed by atoms with Gasteiger partial charge in [0, 0.05) is 7.11 Å². The number of hydrogen-bond acceptors (Lipinski definition) is 3. The largest absolute Gasteiger partial charge is 0.497 e. The van der Waals surface area contributed by atoms with E-state index in [-0.39, 0.29) is 18.4 Å². The fourth-order valence-corrected chi connectivity index (χ4v) is 1.15. The maximum atomic E-state index is 5.85. The van der Waals surface area contributed by atoms with Crippen molar-refractivity contribution in [1.29, 1.82) is 0 Å². The first-order chi connectivity index (χ1) is 6.27. The first kappa shape index (κ1) is 13.2. The Kier molecular flexibility index (Phi) is 6.28. The molecule has 3 nitrogen and oxygen atoms in total. The summed E-state index contributed by atoms with van der Waals surface area (Å²) >= 11 is 0. The lowest BCUT2D eigenvalue weighted by atomic mass is 10.1. The van der Waals surface area contributed by atoms with Crippen LogP contribution in [0.25, 0.3) is 0 Å². The predicted molar refractivity (Wildman–Crippen MR) is 59.0 cm³/mol. The van der Waals surface area contributed by atoms with E-state index >= 15 is 0 Å². The van der Waals surface area contributed by atoms with Crippen molar-refractivity contribution in [2.24, 2.45) is 5.73 Å². The molecule has 0 saturated carbocycles. The lowest BCUT2D eigenvalue weighted by Gasteiger charge is -2.11. The lowest BCUT2D eigenvalue weighted by molar-refractivity contribution is 0.181. The molecule has 1 rings (SSSR count). The molecule has 80 valence electrons. The molecule has 0 spiro atoms. The van der Waals surface area contributed by atoms with Crippen LogP contribution in [0.1, 0.15) is 11.6 Å². The Morgan fingerprint density at radius 2 is 2.07 bits per heavy atom. The summed E-state index contributed by atoms with van der Waals surface area (Å²) in [7, 11) is 3.28. The third-order valence-electron chi connectivity index (χ3n) is 1.87. The maximum Gasteiger partial charge on any atom is 0.119 e. The molecule has 0 aromatic heterocycles. The Morgan fingerprint density at radius 1 is 1.36 bits per heavy atom. The van der Waals surface area contributed by atoms with Crippen LogP contribution in [0.5, 0.6) is 5.75 Å². The molecule has 0 heterocycles. The Morgan fingerprint density at radius 3 is 2.64 bits per heavy atom. The fraction of sp³-hybridized carbons (Fsp3) is 0.400. The second-order valence-electron chi connectivity index (χ2n) is 2.84. The third kappa shape index (κ3) is 3.54. The SMILES string of the molecule is COCC(N)c1cccc(OC)c1.Cl. The number of rotatable bonds is 4. The average Bonchev–Trinajstić information content (AvgIpc) is 2.18. The summed E-state index contributed by atoms with van der Waals surface area (Å²) < 4.78 is 10.1. The molecule has 4 heteroatoms. The minimum Gasteiger partial charge on any atom is -0.497 e. The van der Waals surface area contributed by atoms with Gasteiger partial charge < -0.3 is 15.2 Å². The van der Waals surface area contributed by atoms with Crippen molar-refractivity contribution < 1.29 is 9.47 Å². The fourth-order valence-electron chi connectivity index (χ4n) is 1.15. The second-order valence-corrected chi connectivity index (χ2v) is 2.84. The van der Waals surface area contributed by atoms with Crippen LogP contribution in [0.15, 0.2) is 24.3 Å². The molecular formula is C10H16ClNO2. The van der Waals surface area contributed by atoms with E-state index in [0.29, 0.717) is 6.61 Å². The van der Waals surface area contributed by atoms with Crippen LogP contribution in [0, 0.1) is 0 Å².